The van der Waals surface area contributed by atoms with Gasteiger partial charge in [0.15, 0.2) is 0 Å². The highest BCUT2D eigenvalue weighted by Gasteiger charge is 2.30. The molecule has 6 nitrogen and oxygen atoms in total. The Balaban J connectivity index is 1.73. The average molecular weight is 339 g/mol. The fourth-order valence-electron chi connectivity index (χ4n) is 2.65. The van der Waals surface area contributed by atoms with E-state index in [1.807, 2.05) is 45.0 Å². The Morgan fingerprint density at radius 2 is 1.96 bits per heavy atom. The summed E-state index contributed by atoms with van der Waals surface area (Å²) in [6, 6.07) is 10.7. The van der Waals surface area contributed by atoms with Crippen LogP contribution in [0.3, 0.4) is 0 Å². The molecule has 0 fully saturated rings. The molecule has 2 amide bonds. The number of aromatic nitrogens is 1. The molecule has 25 heavy (non-hydrogen) atoms. The van der Waals surface area contributed by atoms with E-state index in [2.05, 4.69) is 15.6 Å². The molecule has 1 aromatic heterocycles. The second-order valence-electron chi connectivity index (χ2n) is 7.02. The zero-order valence-electron chi connectivity index (χ0n) is 14.5. The summed E-state index contributed by atoms with van der Waals surface area (Å²) < 4.78 is 5.55. The maximum atomic E-state index is 12.6. The molecule has 2 aromatic rings. The molecule has 2 N–H and O–H groups in total. The monoisotopic (exact) mass is 339 g/mol. The van der Waals surface area contributed by atoms with E-state index in [1.165, 1.54) is 6.20 Å². The summed E-state index contributed by atoms with van der Waals surface area (Å²) in [6.07, 6.45) is 1.51. The lowest BCUT2D eigenvalue weighted by molar-refractivity contribution is -0.117. The van der Waals surface area contributed by atoms with Gasteiger partial charge in [0.1, 0.15) is 24.0 Å². The van der Waals surface area contributed by atoms with Gasteiger partial charge in [-0.2, -0.15) is 0 Å². The highest BCUT2D eigenvalue weighted by molar-refractivity contribution is 5.98. The molecule has 2 heterocycles. The minimum Gasteiger partial charge on any atom is -0.492 e. The van der Waals surface area contributed by atoms with Gasteiger partial charge in [-0.1, -0.05) is 18.2 Å². The molecule has 0 bridgehead atoms. The molecule has 0 aliphatic carbocycles. The van der Waals surface area contributed by atoms with Crippen molar-refractivity contribution in [3.63, 3.8) is 0 Å². The summed E-state index contributed by atoms with van der Waals surface area (Å²) >= 11 is 0. The number of ether oxygens (including phenoxy) is 1. The van der Waals surface area contributed by atoms with Crippen molar-refractivity contribution >= 4 is 17.5 Å². The van der Waals surface area contributed by atoms with Crippen LogP contribution in [-0.2, 0) is 4.79 Å². The largest absolute Gasteiger partial charge is 0.492 e. The standard InChI is InChI=1S/C19H21N3O3/c1-19(2,3)22-18(24)15-10-12(8-9-20-15)21-17(23)14-11-25-16-7-5-4-6-13(14)16/h4-10,14H,11H2,1-3H3,(H,22,24)(H,20,21,23). The van der Waals surface area contributed by atoms with Crippen molar-refractivity contribution < 1.29 is 14.3 Å². The zero-order chi connectivity index (χ0) is 18.0. The number of hydrogen-bond acceptors (Lipinski definition) is 4. The number of benzene rings is 1. The molecule has 0 saturated carbocycles. The quantitative estimate of drug-likeness (QED) is 0.901. The molecule has 1 aliphatic heterocycles. The topological polar surface area (TPSA) is 80.3 Å². The predicted octanol–water partition coefficient (Wildman–Crippen LogP) is 2.72. The Kier molecular flexibility index (Phi) is 4.44. The minimum atomic E-state index is -0.365. The predicted molar refractivity (Wildman–Crippen MR) is 94.8 cm³/mol. The fourth-order valence-corrected chi connectivity index (χ4v) is 2.65. The van der Waals surface area contributed by atoms with Gasteiger partial charge < -0.3 is 15.4 Å². The normalized spacial score (nSPS) is 15.9. The van der Waals surface area contributed by atoms with Crippen LogP contribution >= 0.6 is 0 Å². The van der Waals surface area contributed by atoms with E-state index in [4.69, 9.17) is 4.74 Å². The molecular weight excluding hydrogens is 318 g/mol. The van der Waals surface area contributed by atoms with Crippen molar-refractivity contribution in [3.05, 3.63) is 53.9 Å². The molecule has 1 aromatic carbocycles. The van der Waals surface area contributed by atoms with Gasteiger partial charge >= 0.3 is 0 Å². The van der Waals surface area contributed by atoms with Gasteiger partial charge in [-0.15, -0.1) is 0 Å². The van der Waals surface area contributed by atoms with Crippen molar-refractivity contribution in [3.8, 4) is 5.75 Å². The Morgan fingerprint density at radius 1 is 1.20 bits per heavy atom. The summed E-state index contributed by atoms with van der Waals surface area (Å²) in [6.45, 7) is 6.00. The molecule has 6 heteroatoms. The van der Waals surface area contributed by atoms with Crippen molar-refractivity contribution in [2.24, 2.45) is 0 Å². The summed E-state index contributed by atoms with van der Waals surface area (Å²) in [5.41, 5.74) is 1.31. The SMILES string of the molecule is CC(C)(C)NC(=O)c1cc(NC(=O)C2COc3ccccc32)ccn1. The molecule has 1 unspecified atom stereocenters. The van der Waals surface area contributed by atoms with E-state index in [9.17, 15) is 9.59 Å². The van der Waals surface area contributed by atoms with Gasteiger partial charge in [-0.3, -0.25) is 14.6 Å². The van der Waals surface area contributed by atoms with Crippen molar-refractivity contribution in [1.29, 1.82) is 0 Å². The number of carbonyl (C=O) groups is 2. The van der Waals surface area contributed by atoms with Crippen molar-refractivity contribution in [1.82, 2.24) is 10.3 Å². The number of rotatable bonds is 3. The van der Waals surface area contributed by atoms with Gasteiger partial charge in [-0.05, 0) is 39.0 Å². The summed E-state index contributed by atoms with van der Waals surface area (Å²) in [5, 5.41) is 5.69. The first-order chi connectivity index (χ1) is 11.8. The number of fused-ring (bicyclic) bond motifs is 1. The van der Waals surface area contributed by atoms with Crippen LogP contribution in [-0.4, -0.2) is 28.9 Å². The first kappa shape index (κ1) is 17.0. The first-order valence-electron chi connectivity index (χ1n) is 8.15. The molecule has 1 atom stereocenters. The average Bonchev–Trinajstić information content (AvgIpc) is 2.97. The van der Waals surface area contributed by atoms with Crippen LogP contribution in [0.5, 0.6) is 5.75 Å². The van der Waals surface area contributed by atoms with Gasteiger partial charge in [0.2, 0.25) is 5.91 Å². The molecule has 0 radical (unpaired) electrons. The molecule has 3 rings (SSSR count). The van der Waals surface area contributed by atoms with Crippen LogP contribution < -0.4 is 15.4 Å². The van der Waals surface area contributed by atoms with Crippen LogP contribution in [0, 0.1) is 0 Å². The van der Waals surface area contributed by atoms with Crippen LogP contribution in [0.2, 0.25) is 0 Å². The van der Waals surface area contributed by atoms with E-state index in [0.717, 1.165) is 11.3 Å². The number of amides is 2. The van der Waals surface area contributed by atoms with Crippen LogP contribution in [0.4, 0.5) is 5.69 Å². The van der Waals surface area contributed by atoms with Crippen molar-refractivity contribution in [2.45, 2.75) is 32.2 Å². The maximum Gasteiger partial charge on any atom is 0.270 e. The number of para-hydroxylation sites is 1. The van der Waals surface area contributed by atoms with E-state index in [0.29, 0.717) is 12.3 Å². The Labute approximate surface area is 146 Å². The summed E-state index contributed by atoms with van der Waals surface area (Å²) in [4.78, 5) is 28.9. The van der Waals surface area contributed by atoms with Gasteiger partial charge in [0.25, 0.3) is 5.91 Å². The van der Waals surface area contributed by atoms with E-state index >= 15 is 0 Å². The van der Waals surface area contributed by atoms with Gasteiger partial charge in [0.05, 0.1) is 0 Å². The van der Waals surface area contributed by atoms with Gasteiger partial charge in [0, 0.05) is 23.0 Å². The lowest BCUT2D eigenvalue weighted by atomic mass is 10.0. The van der Waals surface area contributed by atoms with E-state index < -0.39 is 0 Å². The maximum absolute atomic E-state index is 12.6. The first-order valence-corrected chi connectivity index (χ1v) is 8.15. The van der Waals surface area contributed by atoms with Crippen LogP contribution in [0.1, 0.15) is 42.7 Å². The van der Waals surface area contributed by atoms with Crippen LogP contribution in [0.15, 0.2) is 42.6 Å². The molecule has 130 valence electrons. The Morgan fingerprint density at radius 3 is 2.72 bits per heavy atom. The lowest BCUT2D eigenvalue weighted by Crippen LogP contribution is -2.40. The highest BCUT2D eigenvalue weighted by atomic mass is 16.5. The smallest absolute Gasteiger partial charge is 0.270 e. The number of hydrogen-bond donors (Lipinski definition) is 2. The van der Waals surface area contributed by atoms with Crippen molar-refractivity contribution in [2.75, 3.05) is 11.9 Å². The fraction of sp³-hybridized carbons (Fsp3) is 0.316. The molecule has 0 saturated heterocycles. The number of anilines is 1. The number of nitrogens with one attached hydrogen (secondary N) is 2. The number of nitrogens with zero attached hydrogens (tertiary/aromatic N) is 1. The minimum absolute atomic E-state index is 0.168. The Bertz CT molecular complexity index is 812. The third-order valence-corrected chi connectivity index (χ3v) is 3.77. The summed E-state index contributed by atoms with van der Waals surface area (Å²) in [7, 11) is 0. The third kappa shape index (κ3) is 3.96. The lowest BCUT2D eigenvalue weighted by Gasteiger charge is -2.20. The molecule has 1 aliphatic rings. The zero-order valence-corrected chi connectivity index (χ0v) is 14.5. The number of pyridine rings is 1. The van der Waals surface area contributed by atoms with Crippen LogP contribution in [0.25, 0.3) is 0 Å². The van der Waals surface area contributed by atoms with Gasteiger partial charge in [-0.25, -0.2) is 0 Å². The second-order valence-corrected chi connectivity index (χ2v) is 7.02. The second kappa shape index (κ2) is 6.55. The van der Waals surface area contributed by atoms with E-state index in [-0.39, 0.29) is 29.0 Å². The molecular formula is C19H21N3O3. The third-order valence-electron chi connectivity index (χ3n) is 3.77. The Hall–Kier alpha value is -2.89. The van der Waals surface area contributed by atoms with E-state index in [1.54, 1.807) is 12.1 Å². The molecule has 0 spiro atoms. The highest BCUT2D eigenvalue weighted by Crippen LogP contribution is 2.34. The summed E-state index contributed by atoms with van der Waals surface area (Å²) in [5.74, 6) is -0.0738. The number of carbonyl (C=O) groups excluding carboxylic acids is 2.